The highest BCUT2D eigenvalue weighted by Gasteiger charge is 2.31. The predicted octanol–water partition coefficient (Wildman–Crippen LogP) is 5.52. The van der Waals surface area contributed by atoms with E-state index in [9.17, 15) is 13.2 Å². The summed E-state index contributed by atoms with van der Waals surface area (Å²) in [7, 11) is 0. The van der Waals surface area contributed by atoms with Crippen LogP contribution in [0.2, 0.25) is 0 Å². The van der Waals surface area contributed by atoms with Crippen molar-refractivity contribution < 1.29 is 17.9 Å². The van der Waals surface area contributed by atoms with Crippen LogP contribution in [0.4, 0.5) is 24.7 Å². The van der Waals surface area contributed by atoms with Gasteiger partial charge in [0.2, 0.25) is 0 Å². The van der Waals surface area contributed by atoms with Crippen molar-refractivity contribution in [2.75, 3.05) is 5.32 Å². The molecular weight excluding hydrogens is 395 g/mol. The summed E-state index contributed by atoms with van der Waals surface area (Å²) in [6, 6.07) is 13.5. The molecule has 3 heterocycles. The molecule has 0 saturated heterocycles. The molecule has 0 bridgehead atoms. The number of fused-ring (bicyclic) bond motifs is 2. The average molecular weight is 409 g/mol. The van der Waals surface area contributed by atoms with E-state index in [1.165, 1.54) is 12.1 Å². The van der Waals surface area contributed by atoms with Gasteiger partial charge in [0.25, 0.3) is 0 Å². The monoisotopic (exact) mass is 409 g/mol. The molecule has 0 fully saturated rings. The van der Waals surface area contributed by atoms with Gasteiger partial charge in [0.15, 0.2) is 11.5 Å². The van der Waals surface area contributed by atoms with Crippen LogP contribution >= 0.6 is 0 Å². The molecule has 6 nitrogen and oxygen atoms in total. The minimum atomic E-state index is -4.72. The molecule has 30 heavy (non-hydrogen) atoms. The maximum atomic E-state index is 12.4. The van der Waals surface area contributed by atoms with Crippen LogP contribution in [0.1, 0.15) is 0 Å². The predicted molar refractivity (Wildman–Crippen MR) is 107 cm³/mol. The Morgan fingerprint density at radius 2 is 1.83 bits per heavy atom. The van der Waals surface area contributed by atoms with E-state index < -0.39 is 6.36 Å². The van der Waals surface area contributed by atoms with Gasteiger partial charge in [0.1, 0.15) is 5.75 Å². The fourth-order valence-electron chi connectivity index (χ4n) is 3.32. The Morgan fingerprint density at radius 3 is 2.63 bits per heavy atom. The number of ether oxygens (including phenoxy) is 1. The molecule has 0 aliphatic rings. The first-order valence-electron chi connectivity index (χ1n) is 8.99. The summed E-state index contributed by atoms with van der Waals surface area (Å²) < 4.78 is 42.8. The highest BCUT2D eigenvalue weighted by atomic mass is 19.4. The number of hydrogen-bond acceptors (Lipinski definition) is 4. The minimum absolute atomic E-state index is 0.274. The largest absolute Gasteiger partial charge is 0.573 e. The smallest absolute Gasteiger partial charge is 0.406 e. The second kappa shape index (κ2) is 6.80. The first-order chi connectivity index (χ1) is 14.5. The van der Waals surface area contributed by atoms with Gasteiger partial charge in [0.05, 0.1) is 11.9 Å². The average Bonchev–Trinajstić information content (AvgIpc) is 3.34. The van der Waals surface area contributed by atoms with Crippen molar-refractivity contribution in [2.45, 2.75) is 6.36 Å². The van der Waals surface area contributed by atoms with Crippen molar-refractivity contribution in [1.82, 2.24) is 19.4 Å². The Morgan fingerprint density at radius 1 is 1.00 bits per heavy atom. The van der Waals surface area contributed by atoms with Crippen molar-refractivity contribution in [2.24, 2.45) is 0 Å². The highest BCUT2D eigenvalue weighted by molar-refractivity contribution is 5.85. The molecule has 9 heteroatoms. The van der Waals surface area contributed by atoms with E-state index in [1.807, 2.05) is 34.9 Å². The van der Waals surface area contributed by atoms with Gasteiger partial charge in [0, 0.05) is 40.7 Å². The SMILES string of the molecule is FC(F)(F)Oc1ccc(-c2cnc3c(Nc4ccc5[nH]ccc5c4)nccn23)cc1. The second-order valence-electron chi connectivity index (χ2n) is 6.59. The summed E-state index contributed by atoms with van der Waals surface area (Å²) in [4.78, 5) is 12.0. The van der Waals surface area contributed by atoms with Gasteiger partial charge in [-0.2, -0.15) is 0 Å². The lowest BCUT2D eigenvalue weighted by atomic mass is 10.1. The molecule has 5 rings (SSSR count). The zero-order valence-electron chi connectivity index (χ0n) is 15.3. The number of H-pyrrole nitrogens is 1. The van der Waals surface area contributed by atoms with E-state index in [0.717, 1.165) is 22.3 Å². The zero-order chi connectivity index (χ0) is 20.7. The number of nitrogens with zero attached hydrogens (tertiary/aromatic N) is 3. The molecule has 0 unspecified atom stereocenters. The number of benzene rings is 2. The lowest BCUT2D eigenvalue weighted by Gasteiger charge is -2.10. The van der Waals surface area contributed by atoms with Crippen LogP contribution in [0.25, 0.3) is 27.8 Å². The molecule has 0 aliphatic carbocycles. The molecule has 2 aromatic carbocycles. The Labute approximate surface area is 168 Å². The Kier molecular flexibility index (Phi) is 4.09. The first-order valence-corrected chi connectivity index (χ1v) is 8.99. The van der Waals surface area contributed by atoms with Gasteiger partial charge < -0.3 is 15.0 Å². The van der Waals surface area contributed by atoms with Gasteiger partial charge in [-0.25, -0.2) is 9.97 Å². The van der Waals surface area contributed by atoms with Gasteiger partial charge in [-0.15, -0.1) is 13.2 Å². The second-order valence-corrected chi connectivity index (χ2v) is 6.59. The molecule has 0 radical (unpaired) electrons. The highest BCUT2D eigenvalue weighted by Crippen LogP contribution is 2.29. The lowest BCUT2D eigenvalue weighted by molar-refractivity contribution is -0.274. The molecule has 0 amide bonds. The standard InChI is InChI=1S/C21H14F3N5O/c22-21(23,24)30-16-4-1-13(2-5-16)18-12-27-20-19(26-9-10-29(18)20)28-15-3-6-17-14(11-15)7-8-25-17/h1-12,25H,(H,26,28). The summed E-state index contributed by atoms with van der Waals surface area (Å²) in [5, 5.41) is 4.34. The van der Waals surface area contributed by atoms with Gasteiger partial charge in [-0.3, -0.25) is 4.40 Å². The molecule has 0 spiro atoms. The van der Waals surface area contributed by atoms with Gasteiger partial charge in [-0.1, -0.05) is 0 Å². The molecule has 2 N–H and O–H groups in total. The van der Waals surface area contributed by atoms with Crippen LogP contribution in [0.5, 0.6) is 5.75 Å². The minimum Gasteiger partial charge on any atom is -0.406 e. The van der Waals surface area contributed by atoms with E-state index in [1.54, 1.807) is 30.7 Å². The molecule has 5 aromatic rings. The third kappa shape index (κ3) is 3.41. The van der Waals surface area contributed by atoms with E-state index in [4.69, 9.17) is 0 Å². The Hall–Kier alpha value is -4.01. The molecular formula is C21H14F3N5O. The summed E-state index contributed by atoms with van der Waals surface area (Å²) in [5.41, 5.74) is 3.91. The molecule has 0 aliphatic heterocycles. The fourth-order valence-corrected chi connectivity index (χ4v) is 3.32. The van der Waals surface area contributed by atoms with Crippen LogP contribution in [0.15, 0.2) is 73.3 Å². The number of nitrogens with one attached hydrogen (secondary N) is 2. The van der Waals surface area contributed by atoms with Crippen LogP contribution in [0, 0.1) is 0 Å². The van der Waals surface area contributed by atoms with Crippen LogP contribution in [-0.4, -0.2) is 25.7 Å². The van der Waals surface area contributed by atoms with E-state index in [-0.39, 0.29) is 5.75 Å². The maximum Gasteiger partial charge on any atom is 0.573 e. The summed E-state index contributed by atoms with van der Waals surface area (Å²) in [6.07, 6.45) is 2.19. The Bertz CT molecular complexity index is 1340. The molecule has 0 atom stereocenters. The third-order valence-electron chi connectivity index (χ3n) is 4.63. The molecule has 3 aromatic heterocycles. The van der Waals surface area contributed by atoms with Crippen LogP contribution in [-0.2, 0) is 0 Å². The van der Waals surface area contributed by atoms with E-state index in [2.05, 4.69) is 25.0 Å². The summed E-state index contributed by atoms with van der Waals surface area (Å²) >= 11 is 0. The van der Waals surface area contributed by atoms with Gasteiger partial charge >= 0.3 is 6.36 Å². The molecule has 150 valence electrons. The number of aromatic amines is 1. The van der Waals surface area contributed by atoms with Crippen LogP contribution in [0.3, 0.4) is 0 Å². The Balaban J connectivity index is 1.47. The quantitative estimate of drug-likeness (QED) is 0.410. The first kappa shape index (κ1) is 18.0. The number of imidazole rings is 1. The maximum absolute atomic E-state index is 12.4. The normalized spacial score (nSPS) is 11.8. The number of alkyl halides is 3. The van der Waals surface area contributed by atoms with Crippen molar-refractivity contribution in [3.63, 3.8) is 0 Å². The van der Waals surface area contributed by atoms with Crippen molar-refractivity contribution in [3.8, 4) is 17.0 Å². The van der Waals surface area contributed by atoms with Crippen LogP contribution < -0.4 is 10.1 Å². The molecule has 0 saturated carbocycles. The van der Waals surface area contributed by atoms with E-state index in [0.29, 0.717) is 17.0 Å². The van der Waals surface area contributed by atoms with E-state index >= 15 is 0 Å². The number of aromatic nitrogens is 4. The lowest BCUT2D eigenvalue weighted by Crippen LogP contribution is -2.16. The third-order valence-corrected chi connectivity index (χ3v) is 4.63. The summed E-state index contributed by atoms with van der Waals surface area (Å²) in [5.74, 6) is 0.292. The number of halogens is 3. The van der Waals surface area contributed by atoms with Crippen molar-refractivity contribution >= 4 is 28.1 Å². The number of hydrogen-bond donors (Lipinski definition) is 2. The van der Waals surface area contributed by atoms with Gasteiger partial charge in [-0.05, 0) is 48.5 Å². The van der Waals surface area contributed by atoms with Crippen molar-refractivity contribution in [1.29, 1.82) is 0 Å². The number of anilines is 2. The topological polar surface area (TPSA) is 67.2 Å². The number of rotatable bonds is 4. The van der Waals surface area contributed by atoms with Crippen molar-refractivity contribution in [3.05, 3.63) is 73.3 Å². The summed E-state index contributed by atoms with van der Waals surface area (Å²) in [6.45, 7) is 0. The zero-order valence-corrected chi connectivity index (χ0v) is 15.3. The fraction of sp³-hybridized carbons (Fsp3) is 0.0476.